The number of nitrogens with zero attached hydrogens (tertiary/aromatic N) is 1. The molecule has 0 bridgehead atoms. The Morgan fingerprint density at radius 1 is 1.03 bits per heavy atom. The van der Waals surface area contributed by atoms with E-state index in [1.165, 1.54) is 7.11 Å². The van der Waals surface area contributed by atoms with Crippen molar-refractivity contribution in [1.29, 1.82) is 0 Å². The molecule has 1 atom stereocenters. The van der Waals surface area contributed by atoms with E-state index in [1.54, 1.807) is 31.2 Å². The molecule has 0 unspecified atom stereocenters. The van der Waals surface area contributed by atoms with Crippen LogP contribution in [0.15, 0.2) is 64.3 Å². The predicted molar refractivity (Wildman–Crippen MR) is 120 cm³/mol. The number of aromatic nitrogens is 2. The maximum Gasteiger partial charge on any atom is 0.310 e. The number of hydrogen-bond donors (Lipinski definition) is 1. The average Bonchev–Trinajstić information content (AvgIpc) is 2.76. The molecular formula is C23H23F5N2O3S. The first-order valence-electron chi connectivity index (χ1n) is 10.3. The molecule has 5 nitrogen and oxygen atoms in total. The lowest BCUT2D eigenvalue weighted by atomic mass is 9.90. The molecule has 3 rings (SSSR count). The Morgan fingerprint density at radius 3 is 2.18 bits per heavy atom. The summed E-state index contributed by atoms with van der Waals surface area (Å²) >= 11 is 0. The zero-order chi connectivity index (χ0) is 25.2. The van der Waals surface area contributed by atoms with E-state index < -0.39 is 32.4 Å². The molecule has 0 aliphatic heterocycles. The van der Waals surface area contributed by atoms with Crippen LogP contribution in [0.4, 0.5) is 19.4 Å². The minimum atomic E-state index is -9.77. The molecule has 3 aromatic rings. The lowest BCUT2D eigenvalue weighted by molar-refractivity contribution is 0.0967. The molecule has 1 heterocycles. The van der Waals surface area contributed by atoms with Gasteiger partial charge in [0.25, 0.3) is 5.56 Å². The number of methoxy groups -OCH3 is 1. The number of benzene rings is 2. The van der Waals surface area contributed by atoms with Gasteiger partial charge >= 0.3 is 10.2 Å². The number of H-pyrrole nitrogens is 1. The van der Waals surface area contributed by atoms with Gasteiger partial charge in [0.05, 0.1) is 7.11 Å². The van der Waals surface area contributed by atoms with Gasteiger partial charge in [-0.1, -0.05) is 50.6 Å². The molecule has 1 N–H and O–H groups in total. The number of carbonyl (C=O) groups excluding carboxylic acids is 1. The van der Waals surface area contributed by atoms with E-state index in [-0.39, 0.29) is 24.4 Å². The second-order valence-electron chi connectivity index (χ2n) is 7.87. The van der Waals surface area contributed by atoms with Gasteiger partial charge in [-0.2, -0.15) is 0 Å². The summed E-state index contributed by atoms with van der Waals surface area (Å²) in [5.41, 5.74) is 0.540. The monoisotopic (exact) mass is 502 g/mol. The van der Waals surface area contributed by atoms with Gasteiger partial charge < -0.3 is 9.72 Å². The van der Waals surface area contributed by atoms with Crippen molar-refractivity contribution >= 4 is 16.0 Å². The first-order valence-corrected chi connectivity index (χ1v) is 12.2. The third-order valence-electron chi connectivity index (χ3n) is 5.33. The normalized spacial score (nSPS) is 14.7. The van der Waals surface area contributed by atoms with Crippen LogP contribution in [-0.2, 0) is 6.42 Å². The number of ketones is 1. The van der Waals surface area contributed by atoms with Crippen LogP contribution >= 0.6 is 10.2 Å². The quantitative estimate of drug-likeness (QED) is 0.258. The summed E-state index contributed by atoms with van der Waals surface area (Å²) in [6, 6.07) is 10.7. The number of ether oxygens (including phenoxy) is 1. The van der Waals surface area contributed by atoms with Gasteiger partial charge in [-0.05, 0) is 47.7 Å². The maximum atomic E-state index is 13.0. The molecule has 0 aliphatic carbocycles. The molecule has 2 aromatic carbocycles. The number of carbonyl (C=O) groups is 1. The van der Waals surface area contributed by atoms with Gasteiger partial charge in [0.2, 0.25) is 0 Å². The highest BCUT2D eigenvalue weighted by molar-refractivity contribution is 8.45. The van der Waals surface area contributed by atoms with Gasteiger partial charge in [-0.3, -0.25) is 9.59 Å². The van der Waals surface area contributed by atoms with Crippen molar-refractivity contribution in [2.24, 2.45) is 0 Å². The van der Waals surface area contributed by atoms with Crippen molar-refractivity contribution in [3.63, 3.8) is 0 Å². The Labute approximate surface area is 192 Å². The summed E-state index contributed by atoms with van der Waals surface area (Å²) in [6.07, 6.45) is 0.474. The van der Waals surface area contributed by atoms with Gasteiger partial charge in [0.1, 0.15) is 22.2 Å². The lowest BCUT2D eigenvalue weighted by Gasteiger charge is -2.40. The molecule has 34 heavy (non-hydrogen) atoms. The van der Waals surface area contributed by atoms with Crippen molar-refractivity contribution < 1.29 is 29.0 Å². The Kier molecular flexibility index (Phi) is 6.38. The SMILES string of the molecule is CC[C@@H](CC(=O)c1cc(=O)[nH]c(Cc2ccc(OC)cc2)n1)c1ccc(S(F)(F)(F)(F)F)cc1. The highest BCUT2D eigenvalue weighted by atomic mass is 32.5. The zero-order valence-electron chi connectivity index (χ0n) is 18.4. The van der Waals surface area contributed by atoms with Crippen molar-refractivity contribution in [1.82, 2.24) is 9.97 Å². The van der Waals surface area contributed by atoms with Crippen molar-refractivity contribution in [2.75, 3.05) is 7.11 Å². The fourth-order valence-electron chi connectivity index (χ4n) is 3.49. The summed E-state index contributed by atoms with van der Waals surface area (Å²) in [5, 5.41) is 0. The van der Waals surface area contributed by atoms with E-state index in [2.05, 4.69) is 9.97 Å². The first kappa shape index (κ1) is 25.4. The van der Waals surface area contributed by atoms with Crippen LogP contribution in [-0.4, -0.2) is 22.9 Å². The van der Waals surface area contributed by atoms with E-state index in [9.17, 15) is 29.0 Å². The Hall–Kier alpha value is -3.21. The molecule has 184 valence electrons. The topological polar surface area (TPSA) is 72.0 Å². The average molecular weight is 503 g/mol. The minimum Gasteiger partial charge on any atom is -0.497 e. The summed E-state index contributed by atoms with van der Waals surface area (Å²) in [6.45, 7) is 1.72. The summed E-state index contributed by atoms with van der Waals surface area (Å²) in [5.74, 6) is -0.0837. The second-order valence-corrected chi connectivity index (χ2v) is 10.3. The number of rotatable bonds is 9. The summed E-state index contributed by atoms with van der Waals surface area (Å²) in [4.78, 5) is 29.7. The molecule has 0 saturated heterocycles. The van der Waals surface area contributed by atoms with Crippen molar-refractivity contribution in [2.45, 2.75) is 37.0 Å². The van der Waals surface area contributed by atoms with E-state index in [0.29, 0.717) is 29.9 Å². The molecular weight excluding hydrogens is 479 g/mol. The number of halogens is 5. The molecule has 0 fully saturated rings. The van der Waals surface area contributed by atoms with Crippen molar-refractivity contribution in [3.8, 4) is 5.75 Å². The van der Waals surface area contributed by atoms with E-state index in [1.807, 2.05) is 0 Å². The highest BCUT2D eigenvalue weighted by Gasteiger charge is 2.65. The maximum absolute atomic E-state index is 13.0. The van der Waals surface area contributed by atoms with E-state index >= 15 is 0 Å². The summed E-state index contributed by atoms with van der Waals surface area (Å²) < 4.78 is 69.9. The number of hydrogen-bond acceptors (Lipinski definition) is 4. The Morgan fingerprint density at radius 2 is 1.65 bits per heavy atom. The van der Waals surface area contributed by atoms with Crippen LogP contribution in [0, 0.1) is 0 Å². The van der Waals surface area contributed by atoms with Crippen LogP contribution in [0.5, 0.6) is 5.75 Å². The fourth-order valence-corrected chi connectivity index (χ4v) is 4.15. The van der Waals surface area contributed by atoms with Crippen LogP contribution in [0.1, 0.15) is 53.1 Å². The third-order valence-corrected chi connectivity index (χ3v) is 6.49. The smallest absolute Gasteiger partial charge is 0.310 e. The standard InChI is InChI=1S/C23H23F5N2O3S/c1-3-16(17-6-10-19(11-7-17)34(24,25,26,27)28)13-21(31)20-14-23(32)30-22(29-20)12-15-4-8-18(33-2)9-5-15/h4-11,14,16H,3,12-13H2,1-2H3,(H,29,30,32)/t16-/m0/s1. The second kappa shape index (κ2) is 8.53. The van der Waals surface area contributed by atoms with Gasteiger partial charge in [0.15, 0.2) is 5.78 Å². The Balaban J connectivity index is 1.79. The molecule has 0 aliphatic rings. The van der Waals surface area contributed by atoms with Gasteiger partial charge in [-0.25, -0.2) is 4.98 Å². The summed E-state index contributed by atoms with van der Waals surface area (Å²) in [7, 11) is -8.23. The molecule has 11 heteroatoms. The molecule has 0 saturated carbocycles. The lowest BCUT2D eigenvalue weighted by Crippen LogP contribution is -2.17. The molecule has 0 spiro atoms. The largest absolute Gasteiger partial charge is 0.497 e. The van der Waals surface area contributed by atoms with Crippen molar-refractivity contribution in [3.05, 3.63) is 87.6 Å². The minimum absolute atomic E-state index is 0.0747. The van der Waals surface area contributed by atoms with Gasteiger partial charge in [0, 0.05) is 18.9 Å². The van der Waals surface area contributed by atoms with Crippen LogP contribution < -0.4 is 10.3 Å². The predicted octanol–water partition coefficient (Wildman–Crippen LogP) is 6.79. The van der Waals surface area contributed by atoms with Gasteiger partial charge in [-0.15, -0.1) is 0 Å². The highest BCUT2D eigenvalue weighted by Crippen LogP contribution is 3.02. The third kappa shape index (κ3) is 6.43. The zero-order valence-corrected chi connectivity index (χ0v) is 19.2. The molecule has 0 amide bonds. The van der Waals surface area contributed by atoms with Crippen LogP contribution in [0.2, 0.25) is 0 Å². The van der Waals surface area contributed by atoms with E-state index in [4.69, 9.17) is 4.74 Å². The van der Waals surface area contributed by atoms with E-state index in [0.717, 1.165) is 23.8 Å². The molecule has 0 radical (unpaired) electrons. The van der Waals surface area contributed by atoms with Crippen LogP contribution in [0.25, 0.3) is 0 Å². The fraction of sp³-hybridized carbons (Fsp3) is 0.261. The first-order chi connectivity index (χ1) is 15.7. The number of aromatic amines is 1. The number of nitrogens with one attached hydrogen (secondary N) is 1. The molecule has 1 aromatic heterocycles. The Bertz CT molecular complexity index is 1240. The van der Waals surface area contributed by atoms with Crippen LogP contribution in [0.3, 0.4) is 0 Å². The number of Topliss-reactive ketones (excluding diaryl/α,β-unsaturated/α-hetero) is 1.